The Morgan fingerprint density at radius 1 is 0.494 bits per heavy atom. The number of amides is 1. The molecule has 8 atom stereocenters. The zero-order valence-corrected chi connectivity index (χ0v) is 51.6. The number of rotatable bonds is 55. The first-order valence-electron chi connectivity index (χ1n) is 33.0. The van der Waals surface area contributed by atoms with Crippen LogP contribution in [-0.4, -0.2) is 99.6 Å². The van der Waals surface area contributed by atoms with Gasteiger partial charge in [0.2, 0.25) is 5.91 Å². The van der Waals surface area contributed by atoms with Gasteiger partial charge in [-0.3, -0.25) is 9.59 Å². The molecular weight excluding hydrogens is 1010 g/mol. The number of esters is 1. The molecule has 11 heteroatoms. The molecule has 0 spiro atoms. The van der Waals surface area contributed by atoms with Gasteiger partial charge in [0.15, 0.2) is 12.4 Å². The fourth-order valence-corrected chi connectivity index (χ4v) is 9.77. The van der Waals surface area contributed by atoms with Crippen molar-refractivity contribution in [1.82, 2.24) is 5.32 Å². The van der Waals surface area contributed by atoms with Crippen molar-refractivity contribution in [2.75, 3.05) is 13.2 Å². The number of nitrogens with one attached hydrogen (secondary N) is 1. The molecule has 0 bridgehead atoms. The summed E-state index contributed by atoms with van der Waals surface area (Å²) in [7, 11) is 0. The maximum atomic E-state index is 13.4. The van der Waals surface area contributed by atoms with Crippen LogP contribution in [0.15, 0.2) is 97.2 Å². The number of carbonyl (C=O) groups is 2. The van der Waals surface area contributed by atoms with Gasteiger partial charge in [0, 0.05) is 6.42 Å². The van der Waals surface area contributed by atoms with Crippen LogP contribution in [0.2, 0.25) is 0 Å². The quantitative estimate of drug-likeness (QED) is 0.0195. The molecule has 1 amide bonds. The van der Waals surface area contributed by atoms with Crippen molar-refractivity contribution in [2.45, 2.75) is 320 Å². The molecule has 6 N–H and O–H groups in total. The highest BCUT2D eigenvalue weighted by atomic mass is 16.7. The Morgan fingerprint density at radius 2 is 0.889 bits per heavy atom. The number of hydrogen-bond acceptors (Lipinski definition) is 10. The average Bonchev–Trinajstić information content (AvgIpc) is 3.52. The number of allylic oxidation sites excluding steroid dienone is 15. The van der Waals surface area contributed by atoms with E-state index in [2.05, 4.69) is 111 Å². The minimum atomic E-state index is -1.62. The molecule has 1 aliphatic heterocycles. The SMILES string of the molecule is CC/C=C\C/C=C\C/C=C\C/C=C\C/C=C\C/C=C\CCCCCC(O)C(=O)NC(COC1OC(CO)C(O)C(O)C1OC(=O)CCCCCCCCCCC/C=C/CCCCCCCC)C(O)/C=C/CCCCCCCCCCC. The highest BCUT2D eigenvalue weighted by Gasteiger charge is 2.47. The summed E-state index contributed by atoms with van der Waals surface area (Å²) >= 11 is 0. The van der Waals surface area contributed by atoms with E-state index in [0.29, 0.717) is 12.8 Å². The zero-order valence-electron chi connectivity index (χ0n) is 51.6. The summed E-state index contributed by atoms with van der Waals surface area (Å²) in [5, 5.41) is 57.0. The first-order valence-corrected chi connectivity index (χ1v) is 33.0. The largest absolute Gasteiger partial charge is 0.454 e. The van der Waals surface area contributed by atoms with Gasteiger partial charge in [-0.05, 0) is 103 Å². The fraction of sp³-hybridized carbons (Fsp3) is 0.743. The molecule has 0 aromatic rings. The average molecular weight is 1140 g/mol. The maximum absolute atomic E-state index is 13.4. The van der Waals surface area contributed by atoms with Gasteiger partial charge in [-0.15, -0.1) is 0 Å². The van der Waals surface area contributed by atoms with Crippen LogP contribution in [0.1, 0.15) is 271 Å². The maximum Gasteiger partial charge on any atom is 0.306 e. The molecule has 0 aromatic heterocycles. The Labute approximate surface area is 495 Å². The van der Waals surface area contributed by atoms with E-state index in [-0.39, 0.29) is 19.4 Å². The summed E-state index contributed by atoms with van der Waals surface area (Å²) < 4.78 is 17.6. The van der Waals surface area contributed by atoms with E-state index < -0.39 is 67.4 Å². The predicted octanol–water partition coefficient (Wildman–Crippen LogP) is 16.3. The first kappa shape index (κ1) is 75.6. The molecule has 1 heterocycles. The van der Waals surface area contributed by atoms with Gasteiger partial charge in [0.05, 0.1) is 25.4 Å². The minimum absolute atomic E-state index is 0.114. The van der Waals surface area contributed by atoms with Crippen LogP contribution in [0.3, 0.4) is 0 Å². The zero-order chi connectivity index (χ0) is 58.9. The van der Waals surface area contributed by atoms with Crippen LogP contribution >= 0.6 is 0 Å². The Hall–Kier alpha value is -3.42. The van der Waals surface area contributed by atoms with Crippen LogP contribution in [0.25, 0.3) is 0 Å². The molecule has 0 aliphatic carbocycles. The first-order chi connectivity index (χ1) is 39.7. The van der Waals surface area contributed by atoms with Gasteiger partial charge in [0.25, 0.3) is 0 Å². The lowest BCUT2D eigenvalue weighted by Gasteiger charge is -2.41. The van der Waals surface area contributed by atoms with Crippen molar-refractivity contribution < 1.29 is 49.3 Å². The van der Waals surface area contributed by atoms with Crippen molar-refractivity contribution in [1.29, 1.82) is 0 Å². The third-order valence-corrected chi connectivity index (χ3v) is 15.0. The van der Waals surface area contributed by atoms with Gasteiger partial charge < -0.3 is 45.1 Å². The van der Waals surface area contributed by atoms with Gasteiger partial charge in [-0.2, -0.15) is 0 Å². The van der Waals surface area contributed by atoms with Crippen molar-refractivity contribution in [2.24, 2.45) is 0 Å². The number of carbonyl (C=O) groups excluding carboxylic acids is 2. The van der Waals surface area contributed by atoms with E-state index in [1.807, 2.05) is 6.08 Å². The van der Waals surface area contributed by atoms with Gasteiger partial charge in [-0.1, -0.05) is 259 Å². The molecule has 1 fully saturated rings. The second-order valence-corrected chi connectivity index (χ2v) is 22.5. The minimum Gasteiger partial charge on any atom is -0.454 e. The number of aliphatic hydroxyl groups excluding tert-OH is 5. The van der Waals surface area contributed by atoms with Crippen LogP contribution < -0.4 is 5.32 Å². The second kappa shape index (κ2) is 57.0. The predicted molar refractivity (Wildman–Crippen MR) is 338 cm³/mol. The van der Waals surface area contributed by atoms with Gasteiger partial charge >= 0.3 is 5.97 Å². The normalized spacial score (nSPS) is 19.3. The Kier molecular flexibility index (Phi) is 53.2. The number of ether oxygens (including phenoxy) is 3. The van der Waals surface area contributed by atoms with E-state index in [1.165, 1.54) is 122 Å². The van der Waals surface area contributed by atoms with Crippen LogP contribution in [0, 0.1) is 0 Å². The molecule has 8 unspecified atom stereocenters. The van der Waals surface area contributed by atoms with Crippen LogP contribution in [-0.2, 0) is 23.8 Å². The molecule has 0 saturated carbocycles. The molecule has 1 rings (SSSR count). The van der Waals surface area contributed by atoms with E-state index in [4.69, 9.17) is 14.2 Å². The molecule has 0 aromatic carbocycles. The third kappa shape index (κ3) is 44.7. The summed E-state index contributed by atoms with van der Waals surface area (Å²) in [6.07, 6.45) is 65.8. The van der Waals surface area contributed by atoms with Crippen LogP contribution in [0.5, 0.6) is 0 Å². The van der Waals surface area contributed by atoms with Crippen molar-refractivity contribution in [3.05, 3.63) is 97.2 Å². The molecule has 11 nitrogen and oxygen atoms in total. The van der Waals surface area contributed by atoms with Gasteiger partial charge in [-0.25, -0.2) is 0 Å². The van der Waals surface area contributed by atoms with Crippen molar-refractivity contribution >= 4 is 11.9 Å². The van der Waals surface area contributed by atoms with Crippen LogP contribution in [0.4, 0.5) is 0 Å². The fourth-order valence-electron chi connectivity index (χ4n) is 9.77. The van der Waals surface area contributed by atoms with Crippen molar-refractivity contribution in [3.63, 3.8) is 0 Å². The topological polar surface area (TPSA) is 175 Å². The van der Waals surface area contributed by atoms with E-state index in [9.17, 15) is 35.1 Å². The Morgan fingerprint density at radius 3 is 1.35 bits per heavy atom. The summed E-state index contributed by atoms with van der Waals surface area (Å²) in [6.45, 7) is 5.65. The van der Waals surface area contributed by atoms with E-state index in [0.717, 1.165) is 103 Å². The Balaban J connectivity index is 2.65. The monoisotopic (exact) mass is 1140 g/mol. The smallest absolute Gasteiger partial charge is 0.306 e. The lowest BCUT2D eigenvalue weighted by atomic mass is 9.99. The number of hydrogen-bond donors (Lipinski definition) is 6. The third-order valence-electron chi connectivity index (χ3n) is 15.0. The molecule has 1 aliphatic rings. The second-order valence-electron chi connectivity index (χ2n) is 22.5. The number of unbranched alkanes of at least 4 members (excludes halogenated alkanes) is 27. The van der Waals surface area contributed by atoms with E-state index in [1.54, 1.807) is 6.08 Å². The Bertz CT molecular complexity index is 1690. The molecule has 0 radical (unpaired) electrons. The highest BCUT2D eigenvalue weighted by Crippen LogP contribution is 2.26. The summed E-state index contributed by atoms with van der Waals surface area (Å²) in [6, 6.07) is -1.04. The molecule has 1 saturated heterocycles. The summed E-state index contributed by atoms with van der Waals surface area (Å²) in [5.41, 5.74) is 0. The lowest BCUT2D eigenvalue weighted by Crippen LogP contribution is -2.61. The lowest BCUT2D eigenvalue weighted by molar-refractivity contribution is -0.305. The molecular formula is C70H121NO10. The molecule has 466 valence electrons. The van der Waals surface area contributed by atoms with Crippen molar-refractivity contribution in [3.8, 4) is 0 Å². The summed E-state index contributed by atoms with van der Waals surface area (Å²) in [5.74, 6) is -1.22. The number of aliphatic hydroxyl groups is 5. The summed E-state index contributed by atoms with van der Waals surface area (Å²) in [4.78, 5) is 26.6. The van der Waals surface area contributed by atoms with Gasteiger partial charge in [0.1, 0.15) is 24.4 Å². The van der Waals surface area contributed by atoms with E-state index >= 15 is 0 Å². The molecule has 81 heavy (non-hydrogen) atoms. The standard InChI is InChI=1S/C70H121NO10/c1-4-7-10-13-16-19-22-24-26-28-30-31-32-34-35-37-39-42-45-48-51-54-57-63(74)69(78)71-61(62(73)56-53-50-47-44-41-21-18-15-12-9-6-3)60-79-70-68(67(77)66(76)64(59-72)80-70)81-65(75)58-55-52-49-46-43-40-38-36-33-29-27-25-23-20-17-14-11-8-5-2/h7,10,16,19,24-27,30-31,34-35,39,42,53,56,61-64,66-68,70,72-74,76-77H,4-6,8-9,11-15,17-18,20-23,28-29,32-33,36-38,40-41,43-52,54-55,57-60H2,1-3H3,(H,71,78)/b10-7-,19-16-,26-24-,27-25+,31-30-,35-34-,42-39-,56-53+. The highest BCUT2D eigenvalue weighted by molar-refractivity contribution is 5.80.